The summed E-state index contributed by atoms with van der Waals surface area (Å²) in [4.78, 5) is 0. The topological polar surface area (TPSA) is 59.6 Å². The van der Waals surface area contributed by atoms with E-state index in [1.54, 1.807) is 0 Å². The van der Waals surface area contributed by atoms with Gasteiger partial charge in [0, 0.05) is 24.4 Å². The molecule has 25 heavy (non-hydrogen) atoms. The zero-order chi connectivity index (χ0) is 17.7. The molecule has 2 heterocycles. The second kappa shape index (κ2) is 7.37. The van der Waals surface area contributed by atoms with Gasteiger partial charge in [0.2, 0.25) is 0 Å². The van der Waals surface area contributed by atoms with Crippen molar-refractivity contribution in [3.8, 4) is 12.1 Å². The van der Waals surface area contributed by atoms with Crippen molar-refractivity contribution in [2.45, 2.75) is 31.3 Å². The first-order valence-electron chi connectivity index (χ1n) is 8.61. The number of allylic oxidation sites excluding steroid dienone is 1. The van der Waals surface area contributed by atoms with Gasteiger partial charge in [-0.3, -0.25) is 0 Å². The maximum Gasteiger partial charge on any atom is 0.168 e. The van der Waals surface area contributed by atoms with Crippen LogP contribution in [0.3, 0.4) is 0 Å². The van der Waals surface area contributed by atoms with Crippen molar-refractivity contribution in [2.75, 3.05) is 0 Å². The van der Waals surface area contributed by atoms with Gasteiger partial charge in [-0.15, -0.1) is 5.73 Å². The Morgan fingerprint density at radius 2 is 1.96 bits per heavy atom. The molecule has 124 valence electrons. The predicted molar refractivity (Wildman–Crippen MR) is 99.0 cm³/mol. The Kier molecular flexibility index (Phi) is 5.01. The molecule has 1 aromatic carbocycles. The second-order valence-electron chi connectivity index (χ2n) is 6.62. The van der Waals surface area contributed by atoms with Gasteiger partial charge < -0.3 is 5.32 Å². The summed E-state index contributed by atoms with van der Waals surface area (Å²) < 4.78 is 0. The van der Waals surface area contributed by atoms with Gasteiger partial charge in [0.1, 0.15) is 0 Å². The summed E-state index contributed by atoms with van der Waals surface area (Å²) in [7, 11) is 0. The van der Waals surface area contributed by atoms with Crippen molar-refractivity contribution >= 4 is 6.08 Å². The zero-order valence-corrected chi connectivity index (χ0v) is 14.2. The van der Waals surface area contributed by atoms with Crippen LogP contribution >= 0.6 is 0 Å². The smallest absolute Gasteiger partial charge is 0.168 e. The molecule has 3 nitrogen and oxygen atoms in total. The first-order valence-corrected chi connectivity index (χ1v) is 8.61. The number of nitrogens with one attached hydrogen (secondary N) is 1. The predicted octanol–water partition coefficient (Wildman–Crippen LogP) is 4.14. The third-order valence-electron chi connectivity index (χ3n) is 5.10. The van der Waals surface area contributed by atoms with Crippen molar-refractivity contribution in [2.24, 2.45) is 11.3 Å². The molecule has 2 aliphatic heterocycles. The van der Waals surface area contributed by atoms with Crippen LogP contribution in [0.2, 0.25) is 0 Å². The van der Waals surface area contributed by atoms with Crippen LogP contribution < -0.4 is 5.32 Å². The van der Waals surface area contributed by atoms with E-state index < -0.39 is 5.41 Å². The summed E-state index contributed by atoms with van der Waals surface area (Å²) in [6.07, 6.45) is 10.4. The standard InChI is InChI=1S/C22H21N3/c1-2-7-19-20(14-18-11-12-21(19)25-18)22(15-23,16-24)13-6-10-17-8-4-3-5-9-17/h3-10,14,18-19,21,25H,1,11-13H2/b10-6+/t18?,19-,21?/m1/s1. The lowest BCUT2D eigenvalue weighted by Crippen LogP contribution is -2.42. The fourth-order valence-corrected chi connectivity index (χ4v) is 3.82. The second-order valence-corrected chi connectivity index (χ2v) is 6.62. The van der Waals surface area contributed by atoms with E-state index in [9.17, 15) is 10.5 Å². The Bertz CT molecular complexity index is 799. The molecule has 0 spiro atoms. The Morgan fingerprint density at radius 1 is 1.20 bits per heavy atom. The van der Waals surface area contributed by atoms with Gasteiger partial charge in [0.25, 0.3) is 0 Å². The van der Waals surface area contributed by atoms with Crippen LogP contribution in [-0.4, -0.2) is 12.1 Å². The maximum atomic E-state index is 9.89. The van der Waals surface area contributed by atoms with Crippen LogP contribution in [0.15, 0.2) is 66.4 Å². The van der Waals surface area contributed by atoms with Crippen LogP contribution in [0.5, 0.6) is 0 Å². The van der Waals surface area contributed by atoms with Gasteiger partial charge in [0.15, 0.2) is 5.41 Å². The van der Waals surface area contributed by atoms with E-state index in [4.69, 9.17) is 0 Å². The molecule has 2 aliphatic rings. The lowest BCUT2D eigenvalue weighted by atomic mass is 9.70. The zero-order valence-electron chi connectivity index (χ0n) is 14.2. The minimum absolute atomic E-state index is 0.000625. The molecule has 1 saturated heterocycles. The van der Waals surface area contributed by atoms with E-state index >= 15 is 0 Å². The Hall–Kier alpha value is -2.84. The Balaban J connectivity index is 1.91. The van der Waals surface area contributed by atoms with Crippen molar-refractivity contribution in [3.05, 3.63) is 72.0 Å². The molecule has 2 unspecified atom stereocenters. The van der Waals surface area contributed by atoms with Crippen LogP contribution in [0.1, 0.15) is 24.8 Å². The maximum absolute atomic E-state index is 9.89. The molecule has 0 aromatic heterocycles. The molecule has 0 amide bonds. The van der Waals surface area contributed by atoms with Crippen LogP contribution in [0.4, 0.5) is 0 Å². The fourth-order valence-electron chi connectivity index (χ4n) is 3.82. The molecule has 3 rings (SSSR count). The number of fused-ring (bicyclic) bond motifs is 2. The molecule has 1 fully saturated rings. The van der Waals surface area contributed by atoms with Gasteiger partial charge in [-0.25, -0.2) is 0 Å². The van der Waals surface area contributed by atoms with E-state index in [1.165, 1.54) is 0 Å². The molecule has 0 aliphatic carbocycles. The lowest BCUT2D eigenvalue weighted by Gasteiger charge is -2.34. The summed E-state index contributed by atoms with van der Waals surface area (Å²) >= 11 is 0. The van der Waals surface area contributed by atoms with Crippen molar-refractivity contribution in [1.82, 2.24) is 5.32 Å². The fraction of sp³-hybridized carbons (Fsp3) is 0.318. The van der Waals surface area contributed by atoms with Gasteiger partial charge in [0.05, 0.1) is 12.1 Å². The van der Waals surface area contributed by atoms with Crippen molar-refractivity contribution < 1.29 is 0 Å². The largest absolute Gasteiger partial charge is 0.307 e. The van der Waals surface area contributed by atoms with Gasteiger partial charge in [-0.05, 0) is 30.1 Å². The first kappa shape index (κ1) is 17.0. The van der Waals surface area contributed by atoms with Crippen molar-refractivity contribution in [3.63, 3.8) is 0 Å². The SMILES string of the molecule is C=C=C[C@@H]1C(C(C#N)(C#N)C/C=C/c2ccccc2)=CC2CCC1N2. The molecule has 0 radical (unpaired) electrons. The molecule has 0 saturated carbocycles. The summed E-state index contributed by atoms with van der Waals surface area (Å²) in [6, 6.07) is 15.0. The molecular weight excluding hydrogens is 306 g/mol. The van der Waals surface area contributed by atoms with Crippen LogP contribution in [-0.2, 0) is 0 Å². The monoisotopic (exact) mass is 327 g/mol. The highest BCUT2D eigenvalue weighted by Crippen LogP contribution is 2.43. The van der Waals surface area contributed by atoms with E-state index in [0.29, 0.717) is 6.42 Å². The molecule has 2 bridgehead atoms. The normalized spacial score (nSPS) is 24.9. The summed E-state index contributed by atoms with van der Waals surface area (Å²) in [6.45, 7) is 3.69. The highest BCUT2D eigenvalue weighted by Gasteiger charge is 2.45. The molecule has 3 heteroatoms. The Labute approximate surface area is 149 Å². The highest BCUT2D eigenvalue weighted by molar-refractivity contribution is 5.50. The average Bonchev–Trinajstić information content (AvgIpc) is 3.05. The average molecular weight is 327 g/mol. The minimum atomic E-state index is -1.15. The molecular formula is C22H21N3. The van der Waals surface area contributed by atoms with E-state index in [-0.39, 0.29) is 18.0 Å². The van der Waals surface area contributed by atoms with E-state index in [1.807, 2.05) is 48.6 Å². The highest BCUT2D eigenvalue weighted by atomic mass is 15.0. The van der Waals surface area contributed by atoms with Crippen LogP contribution in [0.25, 0.3) is 6.08 Å². The number of benzene rings is 1. The molecule has 1 aromatic rings. The number of nitrogens with zero attached hydrogens (tertiary/aromatic N) is 2. The van der Waals surface area contributed by atoms with E-state index in [2.05, 4.69) is 35.8 Å². The molecule has 3 atom stereocenters. The quantitative estimate of drug-likeness (QED) is 0.653. The lowest BCUT2D eigenvalue weighted by molar-refractivity contribution is 0.419. The summed E-state index contributed by atoms with van der Waals surface area (Å²) in [5, 5.41) is 23.3. The van der Waals surface area contributed by atoms with Crippen molar-refractivity contribution in [1.29, 1.82) is 10.5 Å². The number of rotatable bonds is 5. The summed E-state index contributed by atoms with van der Waals surface area (Å²) in [5.41, 5.74) is 3.68. The number of hydrogen-bond acceptors (Lipinski definition) is 3. The first-order chi connectivity index (χ1) is 12.2. The van der Waals surface area contributed by atoms with Gasteiger partial charge >= 0.3 is 0 Å². The van der Waals surface area contributed by atoms with E-state index in [0.717, 1.165) is 24.0 Å². The number of hydrogen-bond donors (Lipinski definition) is 1. The summed E-state index contributed by atoms with van der Waals surface area (Å²) in [5.74, 6) is 0.000625. The third kappa shape index (κ3) is 3.35. The minimum Gasteiger partial charge on any atom is -0.307 e. The molecule has 1 N–H and O–H groups in total. The Morgan fingerprint density at radius 3 is 2.64 bits per heavy atom. The number of nitriles is 2. The third-order valence-corrected chi connectivity index (χ3v) is 5.10. The van der Waals surface area contributed by atoms with Gasteiger partial charge in [-0.2, -0.15) is 10.5 Å². The van der Waals surface area contributed by atoms with Gasteiger partial charge in [-0.1, -0.05) is 55.1 Å². The van der Waals surface area contributed by atoms with Crippen LogP contribution in [0, 0.1) is 34.0 Å².